The molecule has 2 rings (SSSR count). The molecule has 0 spiro atoms. The summed E-state index contributed by atoms with van der Waals surface area (Å²) in [5.74, 6) is 0. The molecule has 1 unspecified atom stereocenters. The van der Waals surface area contributed by atoms with E-state index in [2.05, 4.69) is 25.1 Å². The van der Waals surface area contributed by atoms with Crippen LogP contribution in [0.15, 0.2) is 54.6 Å². The molecule has 0 fully saturated rings. The van der Waals surface area contributed by atoms with Crippen molar-refractivity contribution in [3.05, 3.63) is 71.3 Å². The van der Waals surface area contributed by atoms with Gasteiger partial charge in [-0.2, -0.15) is 0 Å². The quantitative estimate of drug-likeness (QED) is 0.731. The summed E-state index contributed by atoms with van der Waals surface area (Å²) in [6.45, 7) is 2.12. The Balaban J connectivity index is 2.17. The lowest BCUT2D eigenvalue weighted by Crippen LogP contribution is -2.12. The van der Waals surface area contributed by atoms with Gasteiger partial charge in [-0.05, 0) is 36.0 Å². The lowest BCUT2D eigenvalue weighted by atomic mass is 9.95. The van der Waals surface area contributed by atoms with Crippen LogP contribution in [-0.2, 0) is 17.6 Å². The predicted octanol–water partition coefficient (Wildman–Crippen LogP) is 5.01. The number of carbonyl (C=O) groups is 1. The Hall–Kier alpha value is -2.29. The molecule has 0 amide bonds. The standard InChI is InChI=1S/C19H22O3/c1-2-8-16-11-6-7-12-17(16)18(22-19(20)21)14-13-15-9-4-3-5-10-15/h3-7,9-12,18H,2,8,13-14H2,1H3,(H,20,21). The highest BCUT2D eigenvalue weighted by atomic mass is 16.7. The third-order valence-electron chi connectivity index (χ3n) is 3.70. The van der Waals surface area contributed by atoms with E-state index < -0.39 is 12.3 Å². The van der Waals surface area contributed by atoms with Gasteiger partial charge >= 0.3 is 6.16 Å². The van der Waals surface area contributed by atoms with Crippen molar-refractivity contribution >= 4 is 6.16 Å². The summed E-state index contributed by atoms with van der Waals surface area (Å²) in [5, 5.41) is 9.04. The topological polar surface area (TPSA) is 46.5 Å². The summed E-state index contributed by atoms with van der Waals surface area (Å²) >= 11 is 0. The lowest BCUT2D eigenvalue weighted by Gasteiger charge is -2.19. The summed E-state index contributed by atoms with van der Waals surface area (Å²) in [6.07, 6.45) is 1.76. The normalized spacial score (nSPS) is 11.9. The van der Waals surface area contributed by atoms with Crippen LogP contribution >= 0.6 is 0 Å². The average Bonchev–Trinajstić information content (AvgIpc) is 2.53. The van der Waals surface area contributed by atoms with E-state index in [0.717, 1.165) is 24.8 Å². The number of carboxylic acid groups (broad SMARTS) is 1. The highest BCUT2D eigenvalue weighted by Gasteiger charge is 2.19. The van der Waals surface area contributed by atoms with E-state index in [4.69, 9.17) is 9.84 Å². The Kier molecular flexibility index (Phi) is 6.01. The van der Waals surface area contributed by atoms with E-state index in [1.807, 2.05) is 36.4 Å². The van der Waals surface area contributed by atoms with Crippen LogP contribution in [0.5, 0.6) is 0 Å². The zero-order valence-electron chi connectivity index (χ0n) is 12.9. The van der Waals surface area contributed by atoms with E-state index in [0.29, 0.717) is 6.42 Å². The van der Waals surface area contributed by atoms with Gasteiger partial charge in [0, 0.05) is 0 Å². The molecule has 22 heavy (non-hydrogen) atoms. The average molecular weight is 298 g/mol. The molecule has 1 N–H and O–H groups in total. The first-order chi connectivity index (χ1) is 10.7. The third-order valence-corrected chi connectivity index (χ3v) is 3.70. The first-order valence-corrected chi connectivity index (χ1v) is 7.72. The Morgan fingerprint density at radius 3 is 2.41 bits per heavy atom. The summed E-state index contributed by atoms with van der Waals surface area (Å²) in [7, 11) is 0. The van der Waals surface area contributed by atoms with Crippen LogP contribution < -0.4 is 0 Å². The van der Waals surface area contributed by atoms with E-state index >= 15 is 0 Å². The molecule has 0 aliphatic heterocycles. The zero-order chi connectivity index (χ0) is 15.8. The minimum Gasteiger partial charge on any atom is -0.450 e. The molecule has 2 aromatic carbocycles. The van der Waals surface area contributed by atoms with Gasteiger partial charge in [-0.1, -0.05) is 67.9 Å². The first kappa shape index (κ1) is 16.1. The molecule has 0 aromatic heterocycles. The monoisotopic (exact) mass is 298 g/mol. The van der Waals surface area contributed by atoms with Gasteiger partial charge in [0.15, 0.2) is 0 Å². The highest BCUT2D eigenvalue weighted by molar-refractivity contribution is 5.57. The van der Waals surface area contributed by atoms with Crippen LogP contribution in [0.4, 0.5) is 4.79 Å². The fourth-order valence-corrected chi connectivity index (χ4v) is 2.69. The number of rotatable bonds is 7. The van der Waals surface area contributed by atoms with Crippen LogP contribution in [-0.4, -0.2) is 11.3 Å². The van der Waals surface area contributed by atoms with Gasteiger partial charge in [0.05, 0.1) is 0 Å². The van der Waals surface area contributed by atoms with Crippen molar-refractivity contribution in [3.8, 4) is 0 Å². The number of hydrogen-bond acceptors (Lipinski definition) is 2. The zero-order valence-corrected chi connectivity index (χ0v) is 12.9. The van der Waals surface area contributed by atoms with Crippen molar-refractivity contribution in [2.24, 2.45) is 0 Å². The third kappa shape index (κ3) is 4.62. The molecule has 3 heteroatoms. The predicted molar refractivity (Wildman–Crippen MR) is 87.1 cm³/mol. The van der Waals surface area contributed by atoms with E-state index in [-0.39, 0.29) is 0 Å². The van der Waals surface area contributed by atoms with Crippen LogP contribution in [0.1, 0.15) is 42.6 Å². The molecule has 0 bridgehead atoms. The van der Waals surface area contributed by atoms with Gasteiger partial charge in [0.2, 0.25) is 0 Å². The Morgan fingerprint density at radius 2 is 1.73 bits per heavy atom. The molecule has 3 nitrogen and oxygen atoms in total. The largest absolute Gasteiger partial charge is 0.506 e. The maximum atomic E-state index is 11.0. The van der Waals surface area contributed by atoms with Crippen molar-refractivity contribution in [1.82, 2.24) is 0 Å². The second kappa shape index (κ2) is 8.23. The summed E-state index contributed by atoms with van der Waals surface area (Å²) in [6, 6.07) is 18.0. The minimum absolute atomic E-state index is 0.416. The van der Waals surface area contributed by atoms with Gasteiger partial charge in [-0.15, -0.1) is 0 Å². The minimum atomic E-state index is -1.22. The van der Waals surface area contributed by atoms with Crippen LogP contribution in [0.2, 0.25) is 0 Å². The molecule has 1 atom stereocenters. The second-order valence-corrected chi connectivity index (χ2v) is 5.35. The molecular weight excluding hydrogens is 276 g/mol. The van der Waals surface area contributed by atoms with Gasteiger partial charge < -0.3 is 9.84 Å². The van der Waals surface area contributed by atoms with Crippen molar-refractivity contribution in [1.29, 1.82) is 0 Å². The van der Waals surface area contributed by atoms with Crippen LogP contribution in [0.3, 0.4) is 0 Å². The molecule has 116 valence electrons. The second-order valence-electron chi connectivity index (χ2n) is 5.35. The summed E-state index contributed by atoms with van der Waals surface area (Å²) < 4.78 is 5.16. The van der Waals surface area contributed by atoms with E-state index in [1.54, 1.807) is 0 Å². The molecule has 2 aromatic rings. The SMILES string of the molecule is CCCc1ccccc1C(CCc1ccccc1)OC(=O)O. The fourth-order valence-electron chi connectivity index (χ4n) is 2.69. The molecule has 0 saturated heterocycles. The van der Waals surface area contributed by atoms with Crippen molar-refractivity contribution in [3.63, 3.8) is 0 Å². The Labute approximate surface area is 131 Å². The van der Waals surface area contributed by atoms with E-state index in [1.165, 1.54) is 11.1 Å². The van der Waals surface area contributed by atoms with Crippen molar-refractivity contribution in [2.45, 2.75) is 38.7 Å². The highest BCUT2D eigenvalue weighted by Crippen LogP contribution is 2.27. The van der Waals surface area contributed by atoms with Gasteiger partial charge in [-0.3, -0.25) is 0 Å². The Bertz CT molecular complexity index is 593. The number of hydrogen-bond donors (Lipinski definition) is 1. The molecule has 0 heterocycles. The molecule has 0 radical (unpaired) electrons. The number of aryl methyl sites for hydroxylation is 2. The lowest BCUT2D eigenvalue weighted by molar-refractivity contribution is 0.0473. The molecular formula is C19H22O3. The van der Waals surface area contributed by atoms with Crippen LogP contribution in [0, 0.1) is 0 Å². The summed E-state index contributed by atoms with van der Waals surface area (Å²) in [5.41, 5.74) is 3.35. The maximum absolute atomic E-state index is 11.0. The summed E-state index contributed by atoms with van der Waals surface area (Å²) in [4.78, 5) is 11.0. The van der Waals surface area contributed by atoms with Gasteiger partial charge in [0.25, 0.3) is 0 Å². The van der Waals surface area contributed by atoms with Crippen LogP contribution in [0.25, 0.3) is 0 Å². The number of benzene rings is 2. The number of ether oxygens (including phenoxy) is 1. The van der Waals surface area contributed by atoms with Gasteiger partial charge in [0.1, 0.15) is 6.10 Å². The van der Waals surface area contributed by atoms with E-state index in [9.17, 15) is 4.79 Å². The maximum Gasteiger partial charge on any atom is 0.506 e. The molecule has 0 aliphatic carbocycles. The smallest absolute Gasteiger partial charge is 0.450 e. The fraction of sp³-hybridized carbons (Fsp3) is 0.316. The van der Waals surface area contributed by atoms with Crippen molar-refractivity contribution < 1.29 is 14.6 Å². The Morgan fingerprint density at radius 1 is 1.05 bits per heavy atom. The molecule has 0 saturated carbocycles. The molecule has 0 aliphatic rings. The van der Waals surface area contributed by atoms with Crippen molar-refractivity contribution in [2.75, 3.05) is 0 Å². The first-order valence-electron chi connectivity index (χ1n) is 7.72. The van der Waals surface area contributed by atoms with Gasteiger partial charge in [-0.25, -0.2) is 4.79 Å².